The van der Waals surface area contributed by atoms with Crippen LogP contribution in [0.2, 0.25) is 0 Å². The van der Waals surface area contributed by atoms with Gasteiger partial charge in [-0.25, -0.2) is 4.98 Å². The predicted octanol–water partition coefficient (Wildman–Crippen LogP) is 14.0. The van der Waals surface area contributed by atoms with Crippen molar-refractivity contribution in [3.63, 3.8) is 0 Å². The van der Waals surface area contributed by atoms with Gasteiger partial charge in [-0.3, -0.25) is 0 Å². The maximum Gasteiger partial charge on any atom is 0.227 e. The molecule has 0 amide bonds. The summed E-state index contributed by atoms with van der Waals surface area (Å²) >= 11 is 0. The Morgan fingerprint density at radius 3 is 2.04 bits per heavy atom. The topological polar surface area (TPSA) is 42.4 Å². The van der Waals surface area contributed by atoms with Gasteiger partial charge in [0, 0.05) is 50.3 Å². The lowest BCUT2D eigenvalue weighted by Gasteiger charge is -2.28. The standard InChI is InChI=1S/C50H34N2O2/c1-50(2)43-14-8-6-12-38(43)39-25-23-36(29-44(39)50)52(37-24-26-41-40-13-7-9-15-46(40)53-47(41)30-37)35-21-18-31(19-22-35)34-17-16-32-20-27-45-48(42(32)28-34)54-49(51-45)33-10-4-3-5-11-33/h3-30H,1-2H3. The van der Waals surface area contributed by atoms with Gasteiger partial charge in [-0.1, -0.05) is 111 Å². The fourth-order valence-electron chi connectivity index (χ4n) is 8.52. The first-order valence-corrected chi connectivity index (χ1v) is 18.4. The van der Waals surface area contributed by atoms with Crippen molar-refractivity contribution in [3.05, 3.63) is 181 Å². The number of benzene rings is 8. The molecule has 2 heterocycles. The van der Waals surface area contributed by atoms with Crippen LogP contribution in [0.15, 0.2) is 179 Å². The quantitative estimate of drug-likeness (QED) is 0.180. The van der Waals surface area contributed by atoms with Crippen molar-refractivity contribution in [1.82, 2.24) is 4.98 Å². The molecule has 4 nitrogen and oxygen atoms in total. The van der Waals surface area contributed by atoms with Crippen molar-refractivity contribution in [2.24, 2.45) is 0 Å². The van der Waals surface area contributed by atoms with E-state index in [1.54, 1.807) is 0 Å². The first-order chi connectivity index (χ1) is 26.5. The smallest absolute Gasteiger partial charge is 0.227 e. The molecule has 11 rings (SSSR count). The van der Waals surface area contributed by atoms with Gasteiger partial charge >= 0.3 is 0 Å². The number of oxazole rings is 1. The molecule has 0 N–H and O–H groups in total. The minimum Gasteiger partial charge on any atom is -0.456 e. The molecule has 0 fully saturated rings. The zero-order chi connectivity index (χ0) is 36.0. The first-order valence-electron chi connectivity index (χ1n) is 18.4. The molecule has 0 radical (unpaired) electrons. The average Bonchev–Trinajstić information content (AvgIpc) is 3.89. The van der Waals surface area contributed by atoms with E-state index in [1.165, 1.54) is 22.3 Å². The zero-order valence-corrected chi connectivity index (χ0v) is 29.9. The summed E-state index contributed by atoms with van der Waals surface area (Å²) in [4.78, 5) is 7.17. The van der Waals surface area contributed by atoms with Gasteiger partial charge in [-0.15, -0.1) is 0 Å². The van der Waals surface area contributed by atoms with E-state index in [-0.39, 0.29) is 5.41 Å². The molecule has 1 aliphatic rings. The van der Waals surface area contributed by atoms with E-state index in [2.05, 4.69) is 140 Å². The Bertz CT molecular complexity index is 3080. The second-order valence-corrected chi connectivity index (χ2v) is 14.8. The highest BCUT2D eigenvalue weighted by molar-refractivity contribution is 6.07. The zero-order valence-electron chi connectivity index (χ0n) is 29.9. The van der Waals surface area contributed by atoms with Crippen LogP contribution in [0.25, 0.3) is 77.5 Å². The maximum atomic E-state index is 6.40. The number of fused-ring (bicyclic) bond motifs is 9. The summed E-state index contributed by atoms with van der Waals surface area (Å²) < 4.78 is 12.8. The summed E-state index contributed by atoms with van der Waals surface area (Å²) in [6, 6.07) is 60.2. The van der Waals surface area contributed by atoms with Crippen molar-refractivity contribution < 1.29 is 8.83 Å². The van der Waals surface area contributed by atoms with E-state index >= 15 is 0 Å². The van der Waals surface area contributed by atoms with E-state index in [1.807, 2.05) is 48.5 Å². The average molecular weight is 695 g/mol. The van der Waals surface area contributed by atoms with Crippen LogP contribution < -0.4 is 4.90 Å². The highest BCUT2D eigenvalue weighted by atomic mass is 16.3. The summed E-state index contributed by atoms with van der Waals surface area (Å²) in [5.41, 5.74) is 15.0. The minimum atomic E-state index is -0.118. The molecule has 54 heavy (non-hydrogen) atoms. The van der Waals surface area contributed by atoms with Crippen LogP contribution in [0, 0.1) is 0 Å². The molecule has 0 atom stereocenters. The molecular weight excluding hydrogens is 661 g/mol. The summed E-state index contributed by atoms with van der Waals surface area (Å²) in [6.45, 7) is 4.67. The fraction of sp³-hybridized carbons (Fsp3) is 0.0600. The normalized spacial score (nSPS) is 13.1. The van der Waals surface area contributed by atoms with Gasteiger partial charge in [0.2, 0.25) is 5.89 Å². The number of aromatic nitrogens is 1. The van der Waals surface area contributed by atoms with Crippen molar-refractivity contribution >= 4 is 60.9 Å². The van der Waals surface area contributed by atoms with Crippen molar-refractivity contribution in [2.45, 2.75) is 19.3 Å². The molecule has 0 saturated carbocycles. The Morgan fingerprint density at radius 1 is 0.463 bits per heavy atom. The lowest BCUT2D eigenvalue weighted by Crippen LogP contribution is -2.16. The third-order valence-corrected chi connectivity index (χ3v) is 11.3. The molecular formula is C50H34N2O2. The van der Waals surface area contributed by atoms with Crippen molar-refractivity contribution in [3.8, 4) is 33.7 Å². The molecule has 4 heteroatoms. The fourth-order valence-corrected chi connectivity index (χ4v) is 8.52. The van der Waals surface area contributed by atoms with Gasteiger partial charge in [0.05, 0.1) is 0 Å². The van der Waals surface area contributed by atoms with Gasteiger partial charge in [0.1, 0.15) is 16.7 Å². The van der Waals surface area contributed by atoms with Crippen LogP contribution in [0.1, 0.15) is 25.0 Å². The Labute approximate surface area is 312 Å². The number of rotatable bonds is 5. The molecule has 2 aromatic heterocycles. The minimum absolute atomic E-state index is 0.118. The summed E-state index contributed by atoms with van der Waals surface area (Å²) in [5, 5.41) is 4.41. The SMILES string of the molecule is CC1(C)c2ccccc2-c2ccc(N(c3ccc(-c4ccc5ccc6nc(-c7ccccc7)oc6c5c4)cc3)c3ccc4c(c3)oc3ccccc34)cc21. The molecule has 10 aromatic rings. The Morgan fingerprint density at radius 2 is 1.15 bits per heavy atom. The molecule has 0 aliphatic heterocycles. The van der Waals surface area contributed by atoms with Crippen LogP contribution >= 0.6 is 0 Å². The summed E-state index contributed by atoms with van der Waals surface area (Å²) in [6.07, 6.45) is 0. The lowest BCUT2D eigenvalue weighted by molar-refractivity contribution is 0.623. The monoisotopic (exact) mass is 694 g/mol. The van der Waals surface area contributed by atoms with Crippen molar-refractivity contribution in [1.29, 1.82) is 0 Å². The van der Waals surface area contributed by atoms with Gasteiger partial charge < -0.3 is 13.7 Å². The number of furan rings is 1. The molecule has 0 saturated heterocycles. The van der Waals surface area contributed by atoms with E-state index < -0.39 is 0 Å². The van der Waals surface area contributed by atoms with E-state index in [9.17, 15) is 0 Å². The number of para-hydroxylation sites is 1. The van der Waals surface area contributed by atoms with Crippen LogP contribution in [0.4, 0.5) is 17.1 Å². The van der Waals surface area contributed by atoms with Crippen LogP contribution in [-0.4, -0.2) is 4.98 Å². The third kappa shape index (κ3) is 4.66. The van der Waals surface area contributed by atoms with Gasteiger partial charge in [0.25, 0.3) is 0 Å². The third-order valence-electron chi connectivity index (χ3n) is 11.3. The Hall–Kier alpha value is -6.91. The molecule has 1 aliphatic carbocycles. The molecule has 0 unspecified atom stereocenters. The second kappa shape index (κ2) is 11.5. The van der Waals surface area contributed by atoms with Gasteiger partial charge in [-0.05, 0) is 105 Å². The molecule has 0 spiro atoms. The second-order valence-electron chi connectivity index (χ2n) is 14.8. The van der Waals surface area contributed by atoms with Gasteiger partial charge in [-0.2, -0.15) is 0 Å². The summed E-state index contributed by atoms with van der Waals surface area (Å²) in [5.74, 6) is 0.632. The Kier molecular flexibility index (Phi) is 6.56. The van der Waals surface area contributed by atoms with E-state index in [0.717, 1.165) is 77.6 Å². The first kappa shape index (κ1) is 30.7. The van der Waals surface area contributed by atoms with Crippen LogP contribution in [0.5, 0.6) is 0 Å². The van der Waals surface area contributed by atoms with E-state index in [0.29, 0.717) is 5.89 Å². The van der Waals surface area contributed by atoms with Gasteiger partial charge in [0.15, 0.2) is 5.58 Å². The highest BCUT2D eigenvalue weighted by Crippen LogP contribution is 2.51. The van der Waals surface area contributed by atoms with Crippen LogP contribution in [0.3, 0.4) is 0 Å². The highest BCUT2D eigenvalue weighted by Gasteiger charge is 2.35. The number of hydrogen-bond acceptors (Lipinski definition) is 4. The molecule has 0 bridgehead atoms. The molecule has 256 valence electrons. The number of nitrogens with zero attached hydrogens (tertiary/aromatic N) is 2. The lowest BCUT2D eigenvalue weighted by atomic mass is 9.82. The predicted molar refractivity (Wildman–Crippen MR) is 222 cm³/mol. The number of hydrogen-bond donors (Lipinski definition) is 0. The van der Waals surface area contributed by atoms with Crippen LogP contribution in [-0.2, 0) is 5.41 Å². The Balaban J connectivity index is 1.03. The van der Waals surface area contributed by atoms with Crippen molar-refractivity contribution in [2.75, 3.05) is 4.90 Å². The largest absolute Gasteiger partial charge is 0.456 e. The summed E-state index contributed by atoms with van der Waals surface area (Å²) in [7, 11) is 0. The number of anilines is 3. The maximum absolute atomic E-state index is 6.40. The molecule has 8 aromatic carbocycles. The van der Waals surface area contributed by atoms with E-state index in [4.69, 9.17) is 13.8 Å².